The molecule has 0 aliphatic heterocycles. The van der Waals surface area contributed by atoms with Crippen molar-refractivity contribution in [3.05, 3.63) is 0 Å². The zero-order valence-corrected chi connectivity index (χ0v) is 18.3. The van der Waals surface area contributed by atoms with Gasteiger partial charge in [0.15, 0.2) is 0 Å². The van der Waals surface area contributed by atoms with Gasteiger partial charge in [-0.25, -0.2) is 4.79 Å². The Morgan fingerprint density at radius 3 is 2.00 bits per heavy atom. The summed E-state index contributed by atoms with van der Waals surface area (Å²) in [5.41, 5.74) is 0. The van der Waals surface area contributed by atoms with Crippen LogP contribution in [0.5, 0.6) is 0 Å². The fourth-order valence-corrected chi connectivity index (χ4v) is 3.80. The number of carbonyl (C=O) groups is 2. The minimum atomic E-state index is -3.84. The summed E-state index contributed by atoms with van der Waals surface area (Å²) in [5.74, 6) is -0.480. The van der Waals surface area contributed by atoms with Crippen molar-refractivity contribution in [3.8, 4) is 0 Å². The van der Waals surface area contributed by atoms with Crippen molar-refractivity contribution in [1.82, 2.24) is 9.80 Å². The van der Waals surface area contributed by atoms with Crippen LogP contribution in [-0.2, 0) is 18.8 Å². The van der Waals surface area contributed by atoms with E-state index in [1.54, 1.807) is 18.7 Å². The molecule has 0 aromatic heterocycles. The number of amides is 1. The second-order valence-corrected chi connectivity index (χ2v) is 7.11. The Bertz CT molecular complexity index is 420. The Morgan fingerprint density at radius 1 is 1.00 bits per heavy atom. The van der Waals surface area contributed by atoms with Crippen LogP contribution in [0.15, 0.2) is 0 Å². The molecular formula is C14H28N2NaO6P. The third-order valence-electron chi connectivity index (χ3n) is 3.11. The van der Waals surface area contributed by atoms with E-state index in [0.29, 0.717) is 13.1 Å². The van der Waals surface area contributed by atoms with Crippen LogP contribution in [0.3, 0.4) is 0 Å². The van der Waals surface area contributed by atoms with Crippen LogP contribution in [0.4, 0.5) is 4.79 Å². The third-order valence-corrected chi connectivity index (χ3v) is 4.72. The molecule has 0 aromatic carbocycles. The van der Waals surface area contributed by atoms with Gasteiger partial charge < -0.3 is 23.8 Å². The maximum absolute atomic E-state index is 12.3. The van der Waals surface area contributed by atoms with Gasteiger partial charge in [0.1, 0.15) is 0 Å². The Balaban J connectivity index is 0. The Hall–Kier alpha value is -0.110. The van der Waals surface area contributed by atoms with Crippen molar-refractivity contribution >= 4 is 19.4 Å². The standard InChI is InChI=1S/C14H29N2O6P.Na/c1-5-15(6-2)11-23(19,20)12-16(14(18)22-8-4)10-9-13(17)21-7-3;/h5-12H2,1-4H3,(H,19,20);/q;+1/p-1. The maximum Gasteiger partial charge on any atom is 1.00 e. The molecule has 0 rings (SSSR count). The maximum atomic E-state index is 12.3. The van der Waals surface area contributed by atoms with Gasteiger partial charge in [0.05, 0.1) is 25.9 Å². The third kappa shape index (κ3) is 11.4. The first kappa shape index (κ1) is 26.1. The van der Waals surface area contributed by atoms with E-state index in [2.05, 4.69) is 0 Å². The average Bonchev–Trinajstić information content (AvgIpc) is 2.49. The van der Waals surface area contributed by atoms with E-state index in [1.165, 1.54) is 0 Å². The van der Waals surface area contributed by atoms with Crippen LogP contribution >= 0.6 is 7.37 Å². The quantitative estimate of drug-likeness (QED) is 0.241. The second kappa shape index (κ2) is 14.1. The van der Waals surface area contributed by atoms with Crippen LogP contribution in [-0.4, -0.2) is 67.3 Å². The van der Waals surface area contributed by atoms with Gasteiger partial charge >= 0.3 is 41.6 Å². The van der Waals surface area contributed by atoms with Crippen molar-refractivity contribution in [2.45, 2.75) is 34.1 Å². The molecule has 1 atom stereocenters. The minimum absolute atomic E-state index is 0. The van der Waals surface area contributed by atoms with Gasteiger partial charge in [-0.05, 0) is 26.9 Å². The summed E-state index contributed by atoms with van der Waals surface area (Å²) in [7, 11) is -3.84. The molecule has 24 heavy (non-hydrogen) atoms. The molecule has 0 heterocycles. The SMILES string of the molecule is CCOC(=O)CCN(CP(=O)([O-])CN(CC)CC)C(=O)OCC.[Na+]. The van der Waals surface area contributed by atoms with Crippen molar-refractivity contribution in [2.24, 2.45) is 0 Å². The van der Waals surface area contributed by atoms with E-state index in [4.69, 9.17) is 9.47 Å². The molecule has 10 heteroatoms. The summed E-state index contributed by atoms with van der Waals surface area (Å²) < 4.78 is 21.9. The first-order chi connectivity index (χ1) is 10.8. The number of carbonyl (C=O) groups excluding carboxylic acids is 2. The van der Waals surface area contributed by atoms with Crippen molar-refractivity contribution in [3.63, 3.8) is 0 Å². The van der Waals surface area contributed by atoms with Crippen molar-refractivity contribution in [2.75, 3.05) is 45.4 Å². The monoisotopic (exact) mass is 374 g/mol. The molecule has 8 nitrogen and oxygen atoms in total. The number of hydrogen-bond donors (Lipinski definition) is 0. The first-order valence-electron chi connectivity index (χ1n) is 7.88. The van der Waals surface area contributed by atoms with Gasteiger partial charge in [0.2, 0.25) is 0 Å². The van der Waals surface area contributed by atoms with E-state index in [1.807, 2.05) is 13.8 Å². The van der Waals surface area contributed by atoms with Crippen molar-refractivity contribution < 1.29 is 58.1 Å². The summed E-state index contributed by atoms with van der Waals surface area (Å²) in [5, 5.41) is 0. The molecule has 0 aliphatic carbocycles. The summed E-state index contributed by atoms with van der Waals surface area (Å²) >= 11 is 0. The molecule has 0 saturated heterocycles. The fraction of sp³-hybridized carbons (Fsp3) is 0.857. The first-order valence-corrected chi connectivity index (χ1v) is 9.87. The topological polar surface area (TPSA) is 99.2 Å². The van der Waals surface area contributed by atoms with Crippen LogP contribution in [0.25, 0.3) is 0 Å². The smallest absolute Gasteiger partial charge is 0.797 e. The molecule has 0 aliphatic rings. The van der Waals surface area contributed by atoms with Crippen LogP contribution in [0.1, 0.15) is 34.1 Å². The van der Waals surface area contributed by atoms with E-state index in [9.17, 15) is 19.0 Å². The fourth-order valence-electron chi connectivity index (χ4n) is 1.93. The Kier molecular flexibility index (Phi) is 15.3. The van der Waals surface area contributed by atoms with Crippen LogP contribution in [0.2, 0.25) is 0 Å². The van der Waals surface area contributed by atoms with Crippen LogP contribution < -0.4 is 34.5 Å². The van der Waals surface area contributed by atoms with Gasteiger partial charge in [-0.2, -0.15) is 0 Å². The normalized spacial score (nSPS) is 12.9. The molecule has 136 valence electrons. The molecule has 1 unspecified atom stereocenters. The van der Waals surface area contributed by atoms with E-state index >= 15 is 0 Å². The van der Waals surface area contributed by atoms with Gasteiger partial charge in [0, 0.05) is 20.2 Å². The molecule has 0 radical (unpaired) electrons. The summed E-state index contributed by atoms with van der Waals surface area (Å²) in [6, 6.07) is 0. The number of rotatable bonds is 11. The van der Waals surface area contributed by atoms with E-state index in [0.717, 1.165) is 4.90 Å². The largest absolute Gasteiger partial charge is 1.00 e. The van der Waals surface area contributed by atoms with Crippen LogP contribution in [0, 0.1) is 0 Å². The average molecular weight is 374 g/mol. The summed E-state index contributed by atoms with van der Waals surface area (Å²) in [6.45, 7) is 8.57. The van der Waals surface area contributed by atoms with Crippen molar-refractivity contribution in [1.29, 1.82) is 0 Å². The number of nitrogens with zero attached hydrogens (tertiary/aromatic N) is 2. The molecule has 0 fully saturated rings. The van der Waals surface area contributed by atoms with Gasteiger partial charge in [0.25, 0.3) is 0 Å². The Morgan fingerprint density at radius 2 is 1.54 bits per heavy atom. The molecule has 0 aromatic rings. The number of esters is 1. The van der Waals surface area contributed by atoms with E-state index < -0.39 is 25.7 Å². The molecular weight excluding hydrogens is 346 g/mol. The molecule has 1 amide bonds. The van der Waals surface area contributed by atoms with E-state index in [-0.39, 0.29) is 62.0 Å². The summed E-state index contributed by atoms with van der Waals surface area (Å²) in [4.78, 5) is 38.4. The molecule has 0 spiro atoms. The predicted molar refractivity (Wildman–Crippen MR) is 85.2 cm³/mol. The zero-order chi connectivity index (χ0) is 17.9. The van der Waals surface area contributed by atoms with Gasteiger partial charge in [-0.15, -0.1) is 0 Å². The molecule has 0 bridgehead atoms. The number of hydrogen-bond acceptors (Lipinski definition) is 7. The zero-order valence-electron chi connectivity index (χ0n) is 15.4. The summed E-state index contributed by atoms with van der Waals surface area (Å²) in [6.07, 6.45) is -1.39. The van der Waals surface area contributed by atoms with Gasteiger partial charge in [-0.1, -0.05) is 13.8 Å². The molecule has 0 saturated carbocycles. The van der Waals surface area contributed by atoms with Gasteiger partial charge in [-0.3, -0.25) is 9.69 Å². The Labute approximate surface area is 166 Å². The second-order valence-electron chi connectivity index (χ2n) is 4.92. The molecule has 0 N–H and O–H groups in total. The number of ether oxygens (including phenoxy) is 2. The predicted octanol–water partition coefficient (Wildman–Crippen LogP) is -1.70. The minimum Gasteiger partial charge on any atom is -0.797 e.